The summed E-state index contributed by atoms with van der Waals surface area (Å²) in [6.45, 7) is 0. The zero-order chi connectivity index (χ0) is 22.1. The Morgan fingerprint density at radius 2 is 1.69 bits per heavy atom. The smallest absolute Gasteiger partial charge is 0.277 e. The monoisotopic (exact) mass is 419 g/mol. The van der Waals surface area contributed by atoms with Gasteiger partial charge in [0.25, 0.3) is 5.91 Å². The Bertz CT molecular complexity index is 1480. The van der Waals surface area contributed by atoms with Crippen LogP contribution in [-0.2, 0) is 7.05 Å². The Hall–Kier alpha value is -4.77. The first-order chi connectivity index (χ1) is 15.6. The summed E-state index contributed by atoms with van der Waals surface area (Å²) in [6, 6.07) is 25.3. The molecule has 0 aliphatic carbocycles. The van der Waals surface area contributed by atoms with Gasteiger partial charge in [-0.25, -0.2) is 9.50 Å². The Morgan fingerprint density at radius 3 is 2.38 bits per heavy atom. The second-order valence-corrected chi connectivity index (χ2v) is 7.15. The fourth-order valence-corrected chi connectivity index (χ4v) is 3.50. The summed E-state index contributed by atoms with van der Waals surface area (Å²) >= 11 is 0. The molecule has 0 radical (unpaired) electrons. The predicted molar refractivity (Wildman–Crippen MR) is 120 cm³/mol. The van der Waals surface area contributed by atoms with Crippen LogP contribution >= 0.6 is 0 Å². The fourth-order valence-electron chi connectivity index (χ4n) is 3.50. The molecule has 2 aromatic carbocycles. The average Bonchev–Trinajstić information content (AvgIpc) is 3.43. The number of aromatic nitrogens is 5. The molecular weight excluding hydrogens is 402 g/mol. The van der Waals surface area contributed by atoms with Gasteiger partial charge in [-0.05, 0) is 6.07 Å². The number of fused-ring (bicyclic) bond motifs is 1. The third-order valence-corrected chi connectivity index (χ3v) is 5.09. The summed E-state index contributed by atoms with van der Waals surface area (Å²) in [4.78, 5) is 17.7. The fraction of sp³-hybridized carbons (Fsp3) is 0.0417. The van der Waals surface area contributed by atoms with Gasteiger partial charge in [0.05, 0.1) is 17.6 Å². The topological polar surface area (TPSA) is 101 Å². The molecule has 1 N–H and O–H groups in total. The Labute approximate surface area is 183 Å². The molecule has 0 atom stereocenters. The first-order valence-electron chi connectivity index (χ1n) is 9.89. The minimum Gasteiger partial charge on any atom is -0.304 e. The number of benzene rings is 2. The molecule has 32 heavy (non-hydrogen) atoms. The van der Waals surface area contributed by atoms with Gasteiger partial charge in [-0.1, -0.05) is 60.7 Å². The summed E-state index contributed by atoms with van der Waals surface area (Å²) in [5.41, 5.74) is 4.51. The van der Waals surface area contributed by atoms with Gasteiger partial charge in [0.15, 0.2) is 11.3 Å². The number of hydrogen-bond donors (Lipinski definition) is 1. The predicted octanol–water partition coefficient (Wildman–Crippen LogP) is 3.92. The molecule has 0 aliphatic heterocycles. The van der Waals surface area contributed by atoms with Gasteiger partial charge in [0.1, 0.15) is 17.5 Å². The van der Waals surface area contributed by atoms with Crippen LogP contribution in [0.2, 0.25) is 0 Å². The van der Waals surface area contributed by atoms with Crippen LogP contribution in [0.1, 0.15) is 16.1 Å². The summed E-state index contributed by atoms with van der Waals surface area (Å²) < 4.78 is 3.10. The van der Waals surface area contributed by atoms with Crippen LogP contribution in [-0.4, -0.2) is 30.3 Å². The van der Waals surface area contributed by atoms with Crippen molar-refractivity contribution in [2.75, 3.05) is 5.32 Å². The van der Waals surface area contributed by atoms with Crippen LogP contribution < -0.4 is 5.32 Å². The van der Waals surface area contributed by atoms with E-state index in [1.165, 1.54) is 10.9 Å². The molecule has 5 rings (SSSR count). The van der Waals surface area contributed by atoms with E-state index in [2.05, 4.69) is 15.5 Å². The molecule has 0 spiro atoms. The second-order valence-electron chi connectivity index (χ2n) is 7.15. The van der Waals surface area contributed by atoms with Crippen molar-refractivity contribution < 1.29 is 4.79 Å². The zero-order valence-electron chi connectivity index (χ0n) is 17.1. The summed E-state index contributed by atoms with van der Waals surface area (Å²) in [6.07, 6.45) is 1.40. The van der Waals surface area contributed by atoms with Crippen LogP contribution in [0.5, 0.6) is 0 Å². The lowest BCUT2D eigenvalue weighted by Gasteiger charge is -2.08. The minimum atomic E-state index is -0.448. The van der Waals surface area contributed by atoms with Gasteiger partial charge in [-0.2, -0.15) is 15.5 Å². The van der Waals surface area contributed by atoms with Gasteiger partial charge in [-0.3, -0.25) is 9.48 Å². The van der Waals surface area contributed by atoms with Gasteiger partial charge < -0.3 is 5.32 Å². The largest absolute Gasteiger partial charge is 0.304 e. The van der Waals surface area contributed by atoms with Crippen molar-refractivity contribution in [3.05, 3.63) is 90.3 Å². The number of amides is 1. The number of anilines is 1. The van der Waals surface area contributed by atoms with Crippen molar-refractivity contribution in [1.29, 1.82) is 5.26 Å². The molecule has 0 unspecified atom stereocenters. The molecule has 3 heterocycles. The highest BCUT2D eigenvalue weighted by atomic mass is 16.2. The van der Waals surface area contributed by atoms with Gasteiger partial charge >= 0.3 is 0 Å². The van der Waals surface area contributed by atoms with Crippen LogP contribution in [0, 0.1) is 11.3 Å². The summed E-state index contributed by atoms with van der Waals surface area (Å²) in [7, 11) is 1.65. The minimum absolute atomic E-state index is 0.185. The molecule has 154 valence electrons. The van der Waals surface area contributed by atoms with E-state index < -0.39 is 5.91 Å². The van der Waals surface area contributed by atoms with Crippen LogP contribution in [0.4, 0.5) is 5.82 Å². The quantitative estimate of drug-likeness (QED) is 0.476. The van der Waals surface area contributed by atoms with Crippen LogP contribution in [0.15, 0.2) is 79.0 Å². The lowest BCUT2D eigenvalue weighted by atomic mass is 10.1. The number of nitrogens with zero attached hydrogens (tertiary/aromatic N) is 6. The average molecular weight is 419 g/mol. The lowest BCUT2D eigenvalue weighted by Crippen LogP contribution is -2.16. The van der Waals surface area contributed by atoms with E-state index in [1.807, 2.05) is 72.8 Å². The molecule has 5 aromatic rings. The Morgan fingerprint density at radius 1 is 1.00 bits per heavy atom. The second kappa shape index (κ2) is 7.81. The highest BCUT2D eigenvalue weighted by molar-refractivity contribution is 6.03. The molecule has 3 aromatic heterocycles. The molecule has 0 bridgehead atoms. The maximum absolute atomic E-state index is 12.9. The normalized spacial score (nSPS) is 10.8. The van der Waals surface area contributed by atoms with E-state index >= 15 is 0 Å². The Kier molecular flexibility index (Phi) is 4.69. The highest BCUT2D eigenvalue weighted by Crippen LogP contribution is 2.26. The maximum Gasteiger partial charge on any atom is 0.277 e. The third-order valence-electron chi connectivity index (χ3n) is 5.09. The number of aryl methyl sites for hydroxylation is 1. The lowest BCUT2D eigenvalue weighted by molar-refractivity contribution is 0.102. The number of hydrogen-bond acceptors (Lipinski definition) is 5. The highest BCUT2D eigenvalue weighted by Gasteiger charge is 2.19. The van der Waals surface area contributed by atoms with E-state index in [9.17, 15) is 10.1 Å². The molecule has 1 amide bonds. The molecule has 8 heteroatoms. The number of nitriles is 1. The van der Waals surface area contributed by atoms with Crippen molar-refractivity contribution in [2.24, 2.45) is 7.05 Å². The molecule has 0 aliphatic rings. The van der Waals surface area contributed by atoms with Crippen molar-refractivity contribution in [3.63, 3.8) is 0 Å². The van der Waals surface area contributed by atoms with Crippen molar-refractivity contribution in [2.45, 2.75) is 0 Å². The van der Waals surface area contributed by atoms with Crippen molar-refractivity contribution in [1.82, 2.24) is 24.4 Å². The summed E-state index contributed by atoms with van der Waals surface area (Å²) in [5, 5.41) is 20.5. The Balaban J connectivity index is 1.63. The molecule has 0 saturated carbocycles. The maximum atomic E-state index is 12.9. The first kappa shape index (κ1) is 19.2. The van der Waals surface area contributed by atoms with Crippen molar-refractivity contribution in [3.8, 4) is 28.6 Å². The first-order valence-corrected chi connectivity index (χ1v) is 9.89. The van der Waals surface area contributed by atoms with Gasteiger partial charge in [-0.15, -0.1) is 0 Å². The van der Waals surface area contributed by atoms with Gasteiger partial charge in [0, 0.05) is 24.2 Å². The van der Waals surface area contributed by atoms with Crippen molar-refractivity contribution >= 4 is 17.4 Å². The SMILES string of the molecule is Cn1ncc(C#N)c1NC(=O)c1cc2nc(-c3ccccc3)cc(-c3ccccc3)n2n1. The molecule has 0 saturated heterocycles. The standard InChI is InChI=1S/C24H17N7O/c1-30-23(18(14-25)15-26-30)28-24(32)20-13-22-27-19(16-8-4-2-5-9-16)12-21(31(22)29-20)17-10-6-3-7-11-17/h2-13,15H,1H3,(H,28,32). The molecule has 8 nitrogen and oxygen atoms in total. The number of carbonyl (C=O) groups is 1. The van der Waals surface area contributed by atoms with E-state index in [0.717, 1.165) is 22.5 Å². The van der Waals surface area contributed by atoms with E-state index in [-0.39, 0.29) is 11.3 Å². The zero-order valence-corrected chi connectivity index (χ0v) is 17.1. The summed E-state index contributed by atoms with van der Waals surface area (Å²) in [5.74, 6) is -0.133. The van der Waals surface area contributed by atoms with E-state index in [1.54, 1.807) is 17.6 Å². The van der Waals surface area contributed by atoms with Gasteiger partial charge in [0.2, 0.25) is 0 Å². The number of nitrogens with one attached hydrogen (secondary N) is 1. The third kappa shape index (κ3) is 3.38. The number of rotatable bonds is 4. The van der Waals surface area contributed by atoms with Crippen LogP contribution in [0.25, 0.3) is 28.2 Å². The van der Waals surface area contributed by atoms with Crippen LogP contribution in [0.3, 0.4) is 0 Å². The number of carbonyl (C=O) groups excluding carboxylic acids is 1. The molecular formula is C24H17N7O. The van der Waals surface area contributed by atoms with E-state index in [0.29, 0.717) is 11.5 Å². The van der Waals surface area contributed by atoms with E-state index in [4.69, 9.17) is 4.98 Å². The molecule has 0 fully saturated rings.